The zero-order valence-electron chi connectivity index (χ0n) is 12.7. The van der Waals surface area contributed by atoms with Gasteiger partial charge in [-0.25, -0.2) is 0 Å². The number of nitrogens with two attached hydrogens (primary N) is 1. The van der Waals surface area contributed by atoms with Crippen LogP contribution in [-0.4, -0.2) is 13.2 Å². The van der Waals surface area contributed by atoms with E-state index >= 15 is 0 Å². The first-order valence-electron chi connectivity index (χ1n) is 7.33. The van der Waals surface area contributed by atoms with E-state index in [2.05, 4.69) is 13.0 Å². The lowest BCUT2D eigenvalue weighted by Crippen LogP contribution is -2.10. The van der Waals surface area contributed by atoms with Gasteiger partial charge in [0.25, 0.3) is 0 Å². The molecule has 0 heterocycles. The van der Waals surface area contributed by atoms with Gasteiger partial charge in [-0.3, -0.25) is 0 Å². The van der Waals surface area contributed by atoms with Gasteiger partial charge in [-0.05, 0) is 37.6 Å². The van der Waals surface area contributed by atoms with Gasteiger partial charge in [0.15, 0.2) is 0 Å². The summed E-state index contributed by atoms with van der Waals surface area (Å²) in [5.74, 6) is 1.77. The first-order valence-corrected chi connectivity index (χ1v) is 7.33. The summed E-state index contributed by atoms with van der Waals surface area (Å²) in [6.07, 6.45) is 0.835. The number of benzene rings is 2. The topological polar surface area (TPSA) is 44.5 Å². The fraction of sp³-hybridized carbons (Fsp3) is 0.333. The molecule has 0 saturated carbocycles. The summed E-state index contributed by atoms with van der Waals surface area (Å²) in [5.41, 5.74) is 8.19. The monoisotopic (exact) mass is 285 g/mol. The van der Waals surface area contributed by atoms with Crippen LogP contribution in [0.1, 0.15) is 30.5 Å². The maximum atomic E-state index is 5.97. The molecule has 2 aromatic carbocycles. The Bertz CT molecular complexity index is 552. The average molecular weight is 285 g/mol. The van der Waals surface area contributed by atoms with E-state index in [9.17, 15) is 0 Å². The zero-order valence-corrected chi connectivity index (χ0v) is 12.7. The summed E-state index contributed by atoms with van der Waals surface area (Å²) in [7, 11) is 0. The quantitative estimate of drug-likeness (QED) is 0.786. The minimum Gasteiger partial charge on any atom is -0.493 e. The van der Waals surface area contributed by atoms with Crippen LogP contribution >= 0.6 is 0 Å². The molecule has 3 heteroatoms. The highest BCUT2D eigenvalue weighted by atomic mass is 16.5. The van der Waals surface area contributed by atoms with Gasteiger partial charge in [-0.2, -0.15) is 0 Å². The molecule has 0 aliphatic heterocycles. The van der Waals surface area contributed by atoms with Gasteiger partial charge in [0.1, 0.15) is 11.5 Å². The van der Waals surface area contributed by atoms with Crippen molar-refractivity contribution in [2.24, 2.45) is 5.73 Å². The second-order valence-electron chi connectivity index (χ2n) is 5.19. The van der Waals surface area contributed by atoms with Crippen LogP contribution in [0.25, 0.3) is 0 Å². The van der Waals surface area contributed by atoms with Gasteiger partial charge in [-0.1, -0.05) is 30.3 Å². The lowest BCUT2D eigenvalue weighted by atomic mass is 10.1. The van der Waals surface area contributed by atoms with Crippen LogP contribution in [0, 0.1) is 6.92 Å². The van der Waals surface area contributed by atoms with Crippen molar-refractivity contribution < 1.29 is 9.47 Å². The summed E-state index contributed by atoms with van der Waals surface area (Å²) < 4.78 is 11.5. The summed E-state index contributed by atoms with van der Waals surface area (Å²) >= 11 is 0. The summed E-state index contributed by atoms with van der Waals surface area (Å²) in [5, 5.41) is 0. The minimum atomic E-state index is -0.0267. The highest BCUT2D eigenvalue weighted by Gasteiger charge is 2.08. The van der Waals surface area contributed by atoms with Crippen molar-refractivity contribution >= 4 is 0 Å². The molecule has 0 aromatic heterocycles. The molecule has 112 valence electrons. The Labute approximate surface area is 126 Å². The number of para-hydroxylation sites is 1. The Balaban J connectivity index is 1.79. The predicted octanol–water partition coefficient (Wildman–Crippen LogP) is 3.86. The Morgan fingerprint density at radius 3 is 2.43 bits per heavy atom. The molecular formula is C18H23NO2. The van der Waals surface area contributed by atoms with Gasteiger partial charge in [0, 0.05) is 18.0 Å². The first kappa shape index (κ1) is 15.4. The molecule has 0 fully saturated rings. The van der Waals surface area contributed by atoms with Crippen LogP contribution in [0.2, 0.25) is 0 Å². The lowest BCUT2D eigenvalue weighted by Gasteiger charge is -2.15. The van der Waals surface area contributed by atoms with Crippen molar-refractivity contribution in [3.8, 4) is 11.5 Å². The second kappa shape index (κ2) is 7.70. The van der Waals surface area contributed by atoms with Crippen LogP contribution in [0.3, 0.4) is 0 Å². The third-order valence-electron chi connectivity index (χ3n) is 3.22. The van der Waals surface area contributed by atoms with Crippen LogP contribution in [0.15, 0.2) is 48.5 Å². The summed E-state index contributed by atoms with van der Waals surface area (Å²) in [6, 6.07) is 15.9. The van der Waals surface area contributed by atoms with E-state index in [1.165, 1.54) is 5.56 Å². The molecule has 0 aliphatic rings. The molecule has 0 saturated heterocycles. The normalized spacial score (nSPS) is 12.0. The maximum absolute atomic E-state index is 5.97. The molecule has 2 aromatic rings. The molecule has 1 atom stereocenters. The third-order valence-corrected chi connectivity index (χ3v) is 3.22. The van der Waals surface area contributed by atoms with E-state index in [4.69, 9.17) is 15.2 Å². The van der Waals surface area contributed by atoms with Gasteiger partial charge >= 0.3 is 0 Å². The van der Waals surface area contributed by atoms with E-state index in [-0.39, 0.29) is 6.04 Å². The molecule has 0 amide bonds. The fourth-order valence-electron chi connectivity index (χ4n) is 2.09. The Morgan fingerprint density at radius 2 is 1.71 bits per heavy atom. The van der Waals surface area contributed by atoms with Gasteiger partial charge in [-0.15, -0.1) is 0 Å². The van der Waals surface area contributed by atoms with Crippen molar-refractivity contribution in [3.05, 3.63) is 59.7 Å². The van der Waals surface area contributed by atoms with E-state index < -0.39 is 0 Å². The molecule has 0 unspecified atom stereocenters. The molecule has 0 aliphatic carbocycles. The number of aryl methyl sites for hydroxylation is 1. The number of rotatable bonds is 7. The largest absolute Gasteiger partial charge is 0.493 e. The van der Waals surface area contributed by atoms with E-state index in [1.54, 1.807) is 0 Å². The van der Waals surface area contributed by atoms with Gasteiger partial charge < -0.3 is 15.2 Å². The fourth-order valence-corrected chi connectivity index (χ4v) is 2.09. The van der Waals surface area contributed by atoms with Gasteiger partial charge in [0.05, 0.1) is 13.2 Å². The molecule has 0 bridgehead atoms. The van der Waals surface area contributed by atoms with Crippen molar-refractivity contribution in [2.75, 3.05) is 13.2 Å². The summed E-state index contributed by atoms with van der Waals surface area (Å²) in [4.78, 5) is 0. The second-order valence-corrected chi connectivity index (χ2v) is 5.19. The molecule has 0 spiro atoms. The summed E-state index contributed by atoms with van der Waals surface area (Å²) in [6.45, 7) is 5.28. The molecule has 0 radical (unpaired) electrons. The lowest BCUT2D eigenvalue weighted by molar-refractivity contribution is 0.245. The van der Waals surface area contributed by atoms with Crippen molar-refractivity contribution in [1.29, 1.82) is 0 Å². The average Bonchev–Trinajstić information content (AvgIpc) is 2.48. The molecular weight excluding hydrogens is 262 g/mol. The SMILES string of the molecule is Cc1ccc([C@@H](C)N)c(OCCCOc2ccccc2)c1. The molecule has 2 rings (SSSR count). The zero-order chi connectivity index (χ0) is 15.1. The van der Waals surface area contributed by atoms with Crippen LogP contribution < -0.4 is 15.2 Å². The van der Waals surface area contributed by atoms with Crippen molar-refractivity contribution in [2.45, 2.75) is 26.3 Å². The van der Waals surface area contributed by atoms with Crippen LogP contribution in [0.4, 0.5) is 0 Å². The molecule has 2 N–H and O–H groups in total. The highest BCUT2D eigenvalue weighted by Crippen LogP contribution is 2.25. The smallest absolute Gasteiger partial charge is 0.124 e. The van der Waals surface area contributed by atoms with Crippen LogP contribution in [-0.2, 0) is 0 Å². The third kappa shape index (κ3) is 4.80. The Kier molecular flexibility index (Phi) is 5.64. The molecule has 3 nitrogen and oxygen atoms in total. The Morgan fingerprint density at radius 1 is 1.00 bits per heavy atom. The predicted molar refractivity (Wildman–Crippen MR) is 85.8 cm³/mol. The number of hydrogen-bond donors (Lipinski definition) is 1. The number of hydrogen-bond acceptors (Lipinski definition) is 3. The number of ether oxygens (including phenoxy) is 2. The Hall–Kier alpha value is -2.00. The van der Waals surface area contributed by atoms with E-state index in [1.807, 2.05) is 49.4 Å². The first-order chi connectivity index (χ1) is 10.2. The standard InChI is InChI=1S/C18H23NO2/c1-14-9-10-17(15(2)19)18(13-14)21-12-6-11-20-16-7-4-3-5-8-16/h3-5,7-10,13,15H,6,11-12,19H2,1-2H3/t15-/m1/s1. The van der Waals surface area contributed by atoms with E-state index in [0.717, 1.165) is 23.5 Å². The van der Waals surface area contributed by atoms with Crippen molar-refractivity contribution in [1.82, 2.24) is 0 Å². The van der Waals surface area contributed by atoms with Gasteiger partial charge in [0.2, 0.25) is 0 Å². The molecule has 21 heavy (non-hydrogen) atoms. The van der Waals surface area contributed by atoms with Crippen molar-refractivity contribution in [3.63, 3.8) is 0 Å². The maximum Gasteiger partial charge on any atom is 0.124 e. The highest BCUT2D eigenvalue weighted by molar-refractivity contribution is 5.38. The minimum absolute atomic E-state index is 0.0267. The van der Waals surface area contributed by atoms with E-state index in [0.29, 0.717) is 13.2 Å². The van der Waals surface area contributed by atoms with Crippen LogP contribution in [0.5, 0.6) is 11.5 Å².